The molecule has 0 bridgehead atoms. The highest BCUT2D eigenvalue weighted by Gasteiger charge is 2.22. The van der Waals surface area contributed by atoms with Crippen LogP contribution in [0.4, 0.5) is 10.5 Å². The quantitative estimate of drug-likeness (QED) is 0.890. The topological polar surface area (TPSA) is 61.9 Å². The van der Waals surface area contributed by atoms with Crippen LogP contribution in [0.1, 0.15) is 30.0 Å². The Labute approximate surface area is 150 Å². The average molecular weight is 347 g/mol. The van der Waals surface area contributed by atoms with Crippen LogP contribution in [0.3, 0.4) is 0 Å². The number of hydrogen-bond donors (Lipinski definition) is 1. The van der Waals surface area contributed by atoms with E-state index in [1.165, 1.54) is 5.56 Å². The van der Waals surface area contributed by atoms with Gasteiger partial charge in [0.2, 0.25) is 5.91 Å². The molecular formula is C19H29N3O3. The van der Waals surface area contributed by atoms with Crippen LogP contribution in [0.25, 0.3) is 0 Å². The summed E-state index contributed by atoms with van der Waals surface area (Å²) in [7, 11) is 0. The third kappa shape index (κ3) is 5.46. The van der Waals surface area contributed by atoms with Crippen LogP contribution < -0.4 is 5.32 Å². The lowest BCUT2D eigenvalue weighted by Crippen LogP contribution is -2.49. The number of nitrogens with zero attached hydrogens (tertiary/aromatic N) is 2. The van der Waals surface area contributed by atoms with E-state index < -0.39 is 0 Å². The van der Waals surface area contributed by atoms with Crippen molar-refractivity contribution >= 4 is 17.7 Å². The van der Waals surface area contributed by atoms with Gasteiger partial charge in [-0.1, -0.05) is 17.7 Å². The Kier molecular flexibility index (Phi) is 6.82. The first-order chi connectivity index (χ1) is 11.9. The summed E-state index contributed by atoms with van der Waals surface area (Å²) in [6.07, 6.45) is 0.205. The molecule has 0 radical (unpaired) electrons. The maximum Gasteiger partial charge on any atom is 0.409 e. The van der Waals surface area contributed by atoms with Crippen molar-refractivity contribution in [2.45, 2.75) is 34.1 Å². The van der Waals surface area contributed by atoms with Crippen LogP contribution in [0.5, 0.6) is 0 Å². The SMILES string of the molecule is CCOC(=O)N1CCN(CCC(=O)Nc2c(C)cc(C)cc2C)CC1. The molecule has 1 fully saturated rings. The maximum absolute atomic E-state index is 12.3. The first kappa shape index (κ1) is 19.2. The molecule has 1 saturated heterocycles. The number of carbonyl (C=O) groups excluding carboxylic acids is 2. The Morgan fingerprint density at radius 1 is 1.08 bits per heavy atom. The lowest BCUT2D eigenvalue weighted by molar-refractivity contribution is -0.116. The number of benzene rings is 1. The molecule has 1 heterocycles. The molecule has 138 valence electrons. The van der Waals surface area contributed by atoms with Gasteiger partial charge in [0.15, 0.2) is 0 Å². The molecule has 1 aliphatic rings. The summed E-state index contributed by atoms with van der Waals surface area (Å²) in [4.78, 5) is 27.9. The number of aryl methyl sites for hydroxylation is 3. The monoisotopic (exact) mass is 347 g/mol. The number of nitrogens with one attached hydrogen (secondary N) is 1. The minimum absolute atomic E-state index is 0.0304. The van der Waals surface area contributed by atoms with Crippen molar-refractivity contribution in [1.29, 1.82) is 0 Å². The van der Waals surface area contributed by atoms with Gasteiger partial charge >= 0.3 is 6.09 Å². The molecule has 6 nitrogen and oxygen atoms in total. The Morgan fingerprint density at radius 2 is 1.68 bits per heavy atom. The standard InChI is InChI=1S/C19H29N3O3/c1-5-25-19(24)22-10-8-21(9-11-22)7-6-17(23)20-18-15(3)12-14(2)13-16(18)4/h12-13H,5-11H2,1-4H3,(H,20,23). The van der Waals surface area contributed by atoms with E-state index >= 15 is 0 Å². The van der Waals surface area contributed by atoms with Crippen molar-refractivity contribution in [2.75, 3.05) is 44.6 Å². The van der Waals surface area contributed by atoms with Gasteiger partial charge in [-0.3, -0.25) is 9.69 Å². The first-order valence-corrected chi connectivity index (χ1v) is 8.92. The molecule has 25 heavy (non-hydrogen) atoms. The van der Waals surface area contributed by atoms with Crippen molar-refractivity contribution in [3.8, 4) is 0 Å². The molecule has 0 unspecified atom stereocenters. The van der Waals surface area contributed by atoms with Gasteiger partial charge in [0, 0.05) is 44.8 Å². The molecule has 1 N–H and O–H groups in total. The van der Waals surface area contributed by atoms with Gasteiger partial charge < -0.3 is 15.0 Å². The summed E-state index contributed by atoms with van der Waals surface area (Å²) in [5.41, 5.74) is 4.30. The molecule has 2 rings (SSSR count). The maximum atomic E-state index is 12.3. The summed E-state index contributed by atoms with van der Waals surface area (Å²) in [6.45, 7) is 11.8. The van der Waals surface area contributed by atoms with Crippen LogP contribution in [-0.4, -0.2) is 61.1 Å². The average Bonchev–Trinajstić information content (AvgIpc) is 2.57. The largest absolute Gasteiger partial charge is 0.450 e. The number of piperazine rings is 1. The van der Waals surface area contributed by atoms with Crippen LogP contribution in [-0.2, 0) is 9.53 Å². The smallest absolute Gasteiger partial charge is 0.409 e. The lowest BCUT2D eigenvalue weighted by atomic mass is 10.0. The van der Waals surface area contributed by atoms with E-state index in [0.29, 0.717) is 32.7 Å². The molecule has 1 aromatic rings. The minimum Gasteiger partial charge on any atom is -0.450 e. The van der Waals surface area contributed by atoms with Crippen molar-refractivity contribution in [3.63, 3.8) is 0 Å². The van der Waals surface area contributed by atoms with Crippen LogP contribution in [0.2, 0.25) is 0 Å². The van der Waals surface area contributed by atoms with Gasteiger partial charge in [0.25, 0.3) is 0 Å². The van der Waals surface area contributed by atoms with E-state index in [0.717, 1.165) is 29.9 Å². The number of amides is 2. The third-order valence-corrected chi connectivity index (χ3v) is 4.49. The summed E-state index contributed by atoms with van der Waals surface area (Å²) in [5, 5.41) is 3.04. The summed E-state index contributed by atoms with van der Waals surface area (Å²) in [5.74, 6) is 0.0304. The molecule has 2 amide bonds. The number of ether oxygens (including phenoxy) is 1. The number of carbonyl (C=O) groups is 2. The molecular weight excluding hydrogens is 318 g/mol. The minimum atomic E-state index is -0.245. The second kappa shape index (κ2) is 8.85. The van der Waals surface area contributed by atoms with Crippen molar-refractivity contribution in [3.05, 3.63) is 28.8 Å². The van der Waals surface area contributed by atoms with Crippen LogP contribution in [0.15, 0.2) is 12.1 Å². The van der Waals surface area contributed by atoms with Crippen LogP contribution >= 0.6 is 0 Å². The molecule has 0 saturated carbocycles. The zero-order chi connectivity index (χ0) is 18.4. The van der Waals surface area contributed by atoms with E-state index in [2.05, 4.69) is 29.3 Å². The van der Waals surface area contributed by atoms with Gasteiger partial charge in [-0.05, 0) is 38.8 Å². The van der Waals surface area contributed by atoms with Gasteiger partial charge in [0.05, 0.1) is 6.61 Å². The fourth-order valence-corrected chi connectivity index (χ4v) is 3.21. The van der Waals surface area contributed by atoms with Crippen molar-refractivity contribution in [1.82, 2.24) is 9.80 Å². The zero-order valence-electron chi connectivity index (χ0n) is 15.7. The number of anilines is 1. The summed E-state index contributed by atoms with van der Waals surface area (Å²) < 4.78 is 5.02. The second-order valence-corrected chi connectivity index (χ2v) is 6.60. The molecule has 0 spiro atoms. The van der Waals surface area contributed by atoms with E-state index in [4.69, 9.17) is 4.74 Å². The van der Waals surface area contributed by atoms with E-state index in [1.54, 1.807) is 4.90 Å². The fourth-order valence-electron chi connectivity index (χ4n) is 3.21. The van der Waals surface area contributed by atoms with E-state index in [1.807, 2.05) is 20.8 Å². The van der Waals surface area contributed by atoms with Gasteiger partial charge in [-0.25, -0.2) is 4.79 Å². The normalized spacial score (nSPS) is 15.1. The Balaban J connectivity index is 1.77. The Hall–Kier alpha value is -2.08. The predicted molar refractivity (Wildman–Crippen MR) is 98.9 cm³/mol. The Bertz CT molecular complexity index is 599. The van der Waals surface area contributed by atoms with Crippen molar-refractivity contribution in [2.24, 2.45) is 0 Å². The molecule has 1 aromatic carbocycles. The van der Waals surface area contributed by atoms with Crippen LogP contribution in [0, 0.1) is 20.8 Å². The van der Waals surface area contributed by atoms with Crippen molar-refractivity contribution < 1.29 is 14.3 Å². The highest BCUT2D eigenvalue weighted by Crippen LogP contribution is 2.22. The Morgan fingerprint density at radius 3 is 2.24 bits per heavy atom. The highest BCUT2D eigenvalue weighted by atomic mass is 16.6. The predicted octanol–water partition coefficient (Wildman–Crippen LogP) is 2.71. The summed E-state index contributed by atoms with van der Waals surface area (Å²) >= 11 is 0. The van der Waals surface area contributed by atoms with Gasteiger partial charge in [0.1, 0.15) is 0 Å². The zero-order valence-corrected chi connectivity index (χ0v) is 15.7. The lowest BCUT2D eigenvalue weighted by Gasteiger charge is -2.33. The van der Waals surface area contributed by atoms with Gasteiger partial charge in [-0.2, -0.15) is 0 Å². The highest BCUT2D eigenvalue weighted by molar-refractivity contribution is 5.92. The molecule has 0 aromatic heterocycles. The molecule has 0 atom stereocenters. The second-order valence-electron chi connectivity index (χ2n) is 6.60. The van der Waals surface area contributed by atoms with E-state index in [-0.39, 0.29) is 12.0 Å². The third-order valence-electron chi connectivity index (χ3n) is 4.49. The van der Waals surface area contributed by atoms with E-state index in [9.17, 15) is 9.59 Å². The first-order valence-electron chi connectivity index (χ1n) is 8.92. The summed E-state index contributed by atoms with van der Waals surface area (Å²) in [6, 6.07) is 4.16. The molecule has 0 aliphatic carbocycles. The number of hydrogen-bond acceptors (Lipinski definition) is 4. The molecule has 6 heteroatoms. The van der Waals surface area contributed by atoms with Gasteiger partial charge in [-0.15, -0.1) is 0 Å². The molecule has 1 aliphatic heterocycles. The number of rotatable bonds is 5. The fraction of sp³-hybridized carbons (Fsp3) is 0.579.